The fourth-order valence-corrected chi connectivity index (χ4v) is 5.33. The van der Waals surface area contributed by atoms with Crippen molar-refractivity contribution in [3.63, 3.8) is 0 Å². The van der Waals surface area contributed by atoms with Crippen LogP contribution in [0.25, 0.3) is 11.1 Å². The molecule has 0 spiro atoms. The van der Waals surface area contributed by atoms with E-state index in [9.17, 15) is 9.59 Å². The number of carbonyl (C=O) groups is 2. The van der Waals surface area contributed by atoms with Crippen molar-refractivity contribution < 1.29 is 9.59 Å². The van der Waals surface area contributed by atoms with Gasteiger partial charge in [-0.1, -0.05) is 56.3 Å². The number of likely N-dealkylation sites (tertiary alicyclic amines) is 1. The molecular weight excluding hydrogens is 336 g/mol. The molecule has 1 saturated heterocycles. The van der Waals surface area contributed by atoms with Crippen LogP contribution in [0.1, 0.15) is 36.2 Å². The van der Waals surface area contributed by atoms with Crippen molar-refractivity contribution >= 4 is 11.8 Å². The smallest absolute Gasteiger partial charge is 0.254 e. The van der Waals surface area contributed by atoms with Crippen molar-refractivity contribution in [2.45, 2.75) is 27.2 Å². The maximum Gasteiger partial charge on any atom is 0.254 e. The first-order valence-corrected chi connectivity index (χ1v) is 9.50. The monoisotopic (exact) mass is 362 g/mol. The summed E-state index contributed by atoms with van der Waals surface area (Å²) >= 11 is 0. The molecule has 0 aromatic heterocycles. The molecule has 4 rings (SSSR count). The molecule has 0 unspecified atom stereocenters. The molecule has 2 amide bonds. The highest BCUT2D eigenvalue weighted by Crippen LogP contribution is 2.62. The lowest BCUT2D eigenvalue weighted by Crippen LogP contribution is -2.59. The van der Waals surface area contributed by atoms with Crippen LogP contribution in [0.3, 0.4) is 0 Å². The van der Waals surface area contributed by atoms with E-state index < -0.39 is 5.41 Å². The summed E-state index contributed by atoms with van der Waals surface area (Å²) in [6, 6.07) is 15.8. The Morgan fingerprint density at radius 2 is 1.67 bits per heavy atom. The highest BCUT2D eigenvalue weighted by Gasteiger charge is 2.66. The Bertz CT molecular complexity index is 933. The Hall–Kier alpha value is -2.62. The van der Waals surface area contributed by atoms with E-state index in [1.165, 1.54) is 0 Å². The van der Waals surface area contributed by atoms with Gasteiger partial charge in [-0.25, -0.2) is 0 Å². The first kappa shape index (κ1) is 17.8. The number of fused-ring (bicyclic) bond motifs is 1. The summed E-state index contributed by atoms with van der Waals surface area (Å²) in [5.41, 5.74) is 9.06. The van der Waals surface area contributed by atoms with Crippen LogP contribution in [0.15, 0.2) is 48.5 Å². The van der Waals surface area contributed by atoms with Gasteiger partial charge in [0, 0.05) is 18.7 Å². The average molecular weight is 362 g/mol. The van der Waals surface area contributed by atoms with Crippen molar-refractivity contribution in [1.29, 1.82) is 0 Å². The highest BCUT2D eigenvalue weighted by molar-refractivity contribution is 6.02. The van der Waals surface area contributed by atoms with Gasteiger partial charge < -0.3 is 10.6 Å². The Morgan fingerprint density at radius 3 is 2.26 bits per heavy atom. The van der Waals surface area contributed by atoms with Crippen LogP contribution < -0.4 is 5.73 Å². The molecule has 1 heterocycles. The van der Waals surface area contributed by atoms with E-state index in [-0.39, 0.29) is 23.1 Å². The summed E-state index contributed by atoms with van der Waals surface area (Å²) in [4.78, 5) is 27.5. The van der Waals surface area contributed by atoms with Crippen molar-refractivity contribution in [3.05, 3.63) is 59.7 Å². The number of rotatable bonds is 3. The normalized spacial score (nSPS) is 25.6. The average Bonchev–Trinajstić information content (AvgIpc) is 2.98. The molecule has 2 aromatic rings. The first-order chi connectivity index (χ1) is 12.8. The van der Waals surface area contributed by atoms with E-state index in [0.29, 0.717) is 18.7 Å². The predicted octanol–water partition coefficient (Wildman–Crippen LogP) is 3.64. The zero-order valence-corrected chi connectivity index (χ0v) is 16.2. The molecule has 1 aliphatic heterocycles. The molecule has 2 aromatic carbocycles. The molecule has 4 nitrogen and oxygen atoms in total. The minimum Gasteiger partial charge on any atom is -0.369 e. The zero-order valence-electron chi connectivity index (χ0n) is 16.2. The topological polar surface area (TPSA) is 63.4 Å². The largest absolute Gasteiger partial charge is 0.369 e. The zero-order chi connectivity index (χ0) is 19.4. The second-order valence-electron chi connectivity index (χ2n) is 8.78. The number of hydrogen-bond donors (Lipinski definition) is 1. The number of aryl methyl sites for hydroxylation is 1. The molecule has 1 aliphatic carbocycles. The summed E-state index contributed by atoms with van der Waals surface area (Å²) in [6.45, 7) is 7.40. The van der Waals surface area contributed by atoms with E-state index in [4.69, 9.17) is 5.73 Å². The third-order valence-electron chi connectivity index (χ3n) is 6.63. The lowest BCUT2D eigenvalue weighted by molar-refractivity contribution is -0.148. The lowest BCUT2D eigenvalue weighted by atomic mass is 9.48. The minimum absolute atomic E-state index is 0.0142. The van der Waals surface area contributed by atoms with Crippen LogP contribution in [-0.2, 0) is 4.79 Å². The summed E-state index contributed by atoms with van der Waals surface area (Å²) in [6.07, 6.45) is 0.753. The Morgan fingerprint density at radius 1 is 1.04 bits per heavy atom. The fourth-order valence-electron chi connectivity index (χ4n) is 5.33. The summed E-state index contributed by atoms with van der Waals surface area (Å²) in [5.74, 6) is -0.147. The van der Waals surface area contributed by atoms with Gasteiger partial charge in [0.05, 0.1) is 5.41 Å². The Kier molecular flexibility index (Phi) is 3.91. The van der Waals surface area contributed by atoms with Crippen molar-refractivity contribution in [3.8, 4) is 11.1 Å². The molecule has 1 saturated carbocycles. The maximum absolute atomic E-state index is 13.4. The highest BCUT2D eigenvalue weighted by atomic mass is 16.2. The third-order valence-corrected chi connectivity index (χ3v) is 6.63. The number of carbonyl (C=O) groups excluding carboxylic acids is 2. The third kappa shape index (κ3) is 2.58. The second kappa shape index (κ2) is 5.95. The fraction of sp³-hybridized carbons (Fsp3) is 0.391. The summed E-state index contributed by atoms with van der Waals surface area (Å²) in [7, 11) is 0. The molecule has 140 valence electrons. The molecular formula is C23H26N2O2. The molecule has 2 atom stereocenters. The van der Waals surface area contributed by atoms with Gasteiger partial charge >= 0.3 is 0 Å². The SMILES string of the molecule is Cc1ccccc1-c1ccccc1C(=O)N1C[C@@H]2C(C)(C)C[C@]2(C(N)=O)C1. The Balaban J connectivity index is 1.70. The molecule has 4 heteroatoms. The summed E-state index contributed by atoms with van der Waals surface area (Å²) < 4.78 is 0. The lowest BCUT2D eigenvalue weighted by Gasteiger charge is -2.54. The second-order valence-corrected chi connectivity index (χ2v) is 8.78. The molecule has 0 bridgehead atoms. The number of primary amides is 1. The van der Waals surface area contributed by atoms with Crippen LogP contribution in [0.5, 0.6) is 0 Å². The number of hydrogen-bond acceptors (Lipinski definition) is 2. The van der Waals surface area contributed by atoms with Crippen LogP contribution >= 0.6 is 0 Å². The van der Waals surface area contributed by atoms with Gasteiger partial charge in [0.2, 0.25) is 5.91 Å². The van der Waals surface area contributed by atoms with Crippen molar-refractivity contribution in [2.24, 2.45) is 22.5 Å². The maximum atomic E-state index is 13.4. The van der Waals surface area contributed by atoms with Gasteiger partial charge in [0.1, 0.15) is 0 Å². The molecule has 2 aliphatic rings. The number of nitrogens with zero attached hydrogens (tertiary/aromatic N) is 1. The van der Waals surface area contributed by atoms with Crippen molar-refractivity contribution in [2.75, 3.05) is 13.1 Å². The first-order valence-electron chi connectivity index (χ1n) is 9.50. The van der Waals surface area contributed by atoms with Crippen LogP contribution in [0, 0.1) is 23.7 Å². The predicted molar refractivity (Wildman–Crippen MR) is 106 cm³/mol. The summed E-state index contributed by atoms with van der Waals surface area (Å²) in [5, 5.41) is 0. The minimum atomic E-state index is -0.559. The number of benzene rings is 2. The molecule has 2 N–H and O–H groups in total. The van der Waals surface area contributed by atoms with Gasteiger partial charge in [0.15, 0.2) is 0 Å². The molecule has 27 heavy (non-hydrogen) atoms. The van der Waals surface area contributed by atoms with Gasteiger partial charge in [-0.3, -0.25) is 9.59 Å². The van der Waals surface area contributed by atoms with E-state index in [1.807, 2.05) is 47.4 Å². The standard InChI is InChI=1S/C23H26N2O2/c1-15-8-4-5-9-16(15)17-10-6-7-11-18(17)20(26)25-12-19-22(2,3)13-23(19,14-25)21(24)27/h4-11,19H,12-14H2,1-3H3,(H2,24,27)/t19-,23+/m1/s1. The van der Waals surface area contributed by atoms with E-state index in [0.717, 1.165) is 23.1 Å². The van der Waals surface area contributed by atoms with Gasteiger partial charge in [-0.15, -0.1) is 0 Å². The molecule has 2 fully saturated rings. The van der Waals surface area contributed by atoms with E-state index >= 15 is 0 Å². The Labute approximate surface area is 160 Å². The van der Waals surface area contributed by atoms with Gasteiger partial charge in [0.25, 0.3) is 5.91 Å². The molecule has 0 radical (unpaired) electrons. The number of amides is 2. The number of nitrogens with two attached hydrogens (primary N) is 1. The quantitative estimate of drug-likeness (QED) is 0.906. The van der Waals surface area contributed by atoms with Crippen LogP contribution in [0.2, 0.25) is 0 Å². The van der Waals surface area contributed by atoms with E-state index in [2.05, 4.69) is 26.8 Å². The van der Waals surface area contributed by atoms with Crippen LogP contribution in [0.4, 0.5) is 0 Å². The van der Waals surface area contributed by atoms with Gasteiger partial charge in [-0.05, 0) is 47.4 Å². The van der Waals surface area contributed by atoms with Gasteiger partial charge in [-0.2, -0.15) is 0 Å². The van der Waals surface area contributed by atoms with Crippen LogP contribution in [-0.4, -0.2) is 29.8 Å². The van der Waals surface area contributed by atoms with E-state index in [1.54, 1.807) is 0 Å². The van der Waals surface area contributed by atoms with Crippen molar-refractivity contribution in [1.82, 2.24) is 4.90 Å².